The van der Waals surface area contributed by atoms with Crippen LogP contribution in [0.25, 0.3) is 21.5 Å². The van der Waals surface area contributed by atoms with E-state index in [1.54, 1.807) is 0 Å². The van der Waals surface area contributed by atoms with E-state index in [9.17, 15) is 0 Å². The highest BCUT2D eigenvalue weighted by molar-refractivity contribution is 6.04. The van der Waals surface area contributed by atoms with Crippen LogP contribution in [0.3, 0.4) is 0 Å². The first-order valence-corrected chi connectivity index (χ1v) is 11.6. The molecule has 0 bridgehead atoms. The summed E-state index contributed by atoms with van der Waals surface area (Å²) in [5.41, 5.74) is 4.81. The first-order valence-electron chi connectivity index (χ1n) is 11.6. The van der Waals surface area contributed by atoms with Crippen molar-refractivity contribution in [2.45, 2.75) is 34.6 Å². The van der Waals surface area contributed by atoms with Crippen molar-refractivity contribution in [1.82, 2.24) is 0 Å². The Morgan fingerprint density at radius 1 is 0.438 bits per heavy atom. The van der Waals surface area contributed by atoms with Crippen molar-refractivity contribution in [3.05, 3.63) is 115 Å². The van der Waals surface area contributed by atoms with E-state index >= 15 is 0 Å². The molecule has 5 aromatic rings. The zero-order valence-corrected chi connectivity index (χ0v) is 19.8. The van der Waals surface area contributed by atoms with Gasteiger partial charge in [0.15, 0.2) is 0 Å². The van der Waals surface area contributed by atoms with Crippen molar-refractivity contribution in [3.8, 4) is 0 Å². The van der Waals surface area contributed by atoms with Gasteiger partial charge in [-0.2, -0.15) is 0 Å². The molecule has 0 aromatic heterocycles. The third kappa shape index (κ3) is 4.68. The molecule has 0 atom stereocenters. The summed E-state index contributed by atoms with van der Waals surface area (Å²) in [6.07, 6.45) is 0. The van der Waals surface area contributed by atoms with E-state index in [4.69, 9.17) is 0 Å². The summed E-state index contributed by atoms with van der Waals surface area (Å²) >= 11 is 0. The van der Waals surface area contributed by atoms with E-state index < -0.39 is 0 Å². The SMILES string of the molecule is CC.CC.Cc1ccc(N(c2cccc3ccccc23)c2cccc3ccccc23)cc1. The van der Waals surface area contributed by atoms with Crippen molar-refractivity contribution in [1.29, 1.82) is 0 Å². The van der Waals surface area contributed by atoms with Gasteiger partial charge in [-0.15, -0.1) is 0 Å². The lowest BCUT2D eigenvalue weighted by Crippen LogP contribution is -2.11. The van der Waals surface area contributed by atoms with E-state index in [0.29, 0.717) is 0 Å². The van der Waals surface area contributed by atoms with Gasteiger partial charge >= 0.3 is 0 Å². The molecular formula is C31H33N. The molecule has 32 heavy (non-hydrogen) atoms. The Morgan fingerprint density at radius 2 is 0.844 bits per heavy atom. The fourth-order valence-electron chi connectivity index (χ4n) is 3.91. The van der Waals surface area contributed by atoms with Gasteiger partial charge in [0, 0.05) is 16.5 Å². The number of nitrogens with zero attached hydrogens (tertiary/aromatic N) is 1. The molecule has 5 aromatic carbocycles. The normalized spacial score (nSPS) is 10.0. The maximum absolute atomic E-state index is 2.38. The second-order valence-electron chi connectivity index (χ2n) is 7.17. The molecule has 0 radical (unpaired) electrons. The van der Waals surface area contributed by atoms with Gasteiger partial charge in [0.2, 0.25) is 0 Å². The number of benzene rings is 5. The van der Waals surface area contributed by atoms with Crippen molar-refractivity contribution in [2.24, 2.45) is 0 Å². The summed E-state index contributed by atoms with van der Waals surface area (Å²) < 4.78 is 0. The molecule has 0 aliphatic heterocycles. The quantitative estimate of drug-likeness (QED) is 0.281. The standard InChI is InChI=1S/C27H21N.2C2H6/c1-20-16-18-23(19-17-20)28(26-14-6-10-21-8-2-4-12-24(21)26)27-15-7-11-22-9-3-5-13-25(22)27;2*1-2/h2-19H,1H3;2*1-2H3. The Morgan fingerprint density at radius 3 is 1.31 bits per heavy atom. The molecular weight excluding hydrogens is 386 g/mol. The summed E-state index contributed by atoms with van der Waals surface area (Å²) in [6, 6.07) is 39.0. The van der Waals surface area contributed by atoms with E-state index in [1.807, 2.05) is 27.7 Å². The Bertz CT molecular complexity index is 1180. The molecule has 0 unspecified atom stereocenters. The summed E-state index contributed by atoms with van der Waals surface area (Å²) in [4.78, 5) is 2.38. The van der Waals surface area contributed by atoms with Crippen LogP contribution < -0.4 is 4.90 Å². The minimum absolute atomic E-state index is 1.17. The average molecular weight is 420 g/mol. The molecule has 0 heterocycles. The molecule has 162 valence electrons. The smallest absolute Gasteiger partial charge is 0.0540 e. The number of anilines is 3. The molecule has 0 saturated carbocycles. The van der Waals surface area contributed by atoms with Crippen molar-refractivity contribution < 1.29 is 0 Å². The third-order valence-electron chi connectivity index (χ3n) is 5.31. The van der Waals surface area contributed by atoms with Gasteiger partial charge in [-0.25, -0.2) is 0 Å². The monoisotopic (exact) mass is 419 g/mol. The van der Waals surface area contributed by atoms with Gasteiger partial charge in [0.25, 0.3) is 0 Å². The molecule has 1 nitrogen and oxygen atoms in total. The summed E-state index contributed by atoms with van der Waals surface area (Å²) in [5, 5.41) is 4.99. The summed E-state index contributed by atoms with van der Waals surface area (Å²) in [5.74, 6) is 0. The van der Waals surface area contributed by atoms with Crippen LogP contribution >= 0.6 is 0 Å². The Balaban J connectivity index is 0.000000686. The van der Waals surface area contributed by atoms with Gasteiger partial charge in [-0.05, 0) is 42.0 Å². The minimum Gasteiger partial charge on any atom is -0.309 e. The highest BCUT2D eigenvalue weighted by Crippen LogP contribution is 2.41. The highest BCUT2D eigenvalue weighted by atomic mass is 15.1. The lowest BCUT2D eigenvalue weighted by molar-refractivity contribution is 1.30. The average Bonchev–Trinajstić information content (AvgIpc) is 2.88. The number of hydrogen-bond acceptors (Lipinski definition) is 1. The molecule has 0 aliphatic rings. The lowest BCUT2D eigenvalue weighted by Gasteiger charge is -2.28. The van der Waals surface area contributed by atoms with Crippen LogP contribution in [-0.4, -0.2) is 0 Å². The Kier molecular flexibility index (Phi) is 8.05. The predicted octanol–water partition coefficient (Wildman–Crippen LogP) is 9.82. The highest BCUT2D eigenvalue weighted by Gasteiger charge is 2.17. The largest absolute Gasteiger partial charge is 0.309 e. The second-order valence-corrected chi connectivity index (χ2v) is 7.17. The van der Waals surface area contributed by atoms with Gasteiger partial charge in [-0.1, -0.05) is 118 Å². The molecule has 5 rings (SSSR count). The fraction of sp³-hybridized carbons (Fsp3) is 0.161. The Hall–Kier alpha value is -3.58. The fourth-order valence-corrected chi connectivity index (χ4v) is 3.91. The predicted molar refractivity (Wildman–Crippen MR) is 144 cm³/mol. The van der Waals surface area contributed by atoms with Crippen LogP contribution in [0.4, 0.5) is 17.1 Å². The van der Waals surface area contributed by atoms with Gasteiger partial charge in [-0.3, -0.25) is 0 Å². The third-order valence-corrected chi connectivity index (χ3v) is 5.31. The number of aryl methyl sites for hydroxylation is 1. The second kappa shape index (κ2) is 11.2. The lowest BCUT2D eigenvalue weighted by atomic mass is 10.0. The Labute approximate surface area is 193 Å². The molecule has 0 spiro atoms. The van der Waals surface area contributed by atoms with Gasteiger partial charge < -0.3 is 4.90 Å². The van der Waals surface area contributed by atoms with Crippen LogP contribution in [-0.2, 0) is 0 Å². The van der Waals surface area contributed by atoms with E-state index in [1.165, 1.54) is 44.2 Å². The topological polar surface area (TPSA) is 3.24 Å². The van der Waals surface area contributed by atoms with Crippen LogP contribution in [0.5, 0.6) is 0 Å². The van der Waals surface area contributed by atoms with Gasteiger partial charge in [0.1, 0.15) is 0 Å². The van der Waals surface area contributed by atoms with Crippen LogP contribution in [0.15, 0.2) is 109 Å². The van der Waals surface area contributed by atoms with E-state index in [2.05, 4.69) is 121 Å². The molecule has 0 aliphatic carbocycles. The molecule has 0 amide bonds. The minimum atomic E-state index is 1.17. The van der Waals surface area contributed by atoms with E-state index in [0.717, 1.165) is 0 Å². The zero-order chi connectivity index (χ0) is 22.9. The van der Waals surface area contributed by atoms with Crippen LogP contribution in [0, 0.1) is 6.92 Å². The molecule has 1 heteroatoms. The van der Waals surface area contributed by atoms with E-state index in [-0.39, 0.29) is 0 Å². The molecule has 0 N–H and O–H groups in total. The number of hydrogen-bond donors (Lipinski definition) is 0. The summed E-state index contributed by atoms with van der Waals surface area (Å²) in [7, 11) is 0. The van der Waals surface area contributed by atoms with Crippen molar-refractivity contribution in [2.75, 3.05) is 4.90 Å². The molecule has 0 fully saturated rings. The van der Waals surface area contributed by atoms with Crippen LogP contribution in [0.2, 0.25) is 0 Å². The maximum atomic E-state index is 2.38. The molecule has 0 saturated heterocycles. The number of rotatable bonds is 3. The van der Waals surface area contributed by atoms with Gasteiger partial charge in [0.05, 0.1) is 11.4 Å². The van der Waals surface area contributed by atoms with Crippen molar-refractivity contribution in [3.63, 3.8) is 0 Å². The first-order chi connectivity index (χ1) is 15.8. The number of fused-ring (bicyclic) bond motifs is 2. The summed E-state index contributed by atoms with van der Waals surface area (Å²) in [6.45, 7) is 10.1. The van der Waals surface area contributed by atoms with Crippen molar-refractivity contribution >= 4 is 38.6 Å². The first kappa shape index (κ1) is 23.1. The maximum Gasteiger partial charge on any atom is 0.0540 e. The zero-order valence-electron chi connectivity index (χ0n) is 19.8. The van der Waals surface area contributed by atoms with Crippen LogP contribution in [0.1, 0.15) is 33.3 Å².